The summed E-state index contributed by atoms with van der Waals surface area (Å²) in [5, 5.41) is 6.59. The molecular formula is C12H19BrN4. The lowest BCUT2D eigenvalue weighted by atomic mass is 10.1. The molecular weight excluding hydrogens is 280 g/mol. The van der Waals surface area contributed by atoms with E-state index < -0.39 is 0 Å². The Morgan fingerprint density at radius 1 is 1.35 bits per heavy atom. The van der Waals surface area contributed by atoms with Gasteiger partial charge >= 0.3 is 0 Å². The Labute approximate surface area is 111 Å². The van der Waals surface area contributed by atoms with Gasteiger partial charge in [0, 0.05) is 13.1 Å². The monoisotopic (exact) mass is 298 g/mol. The van der Waals surface area contributed by atoms with Gasteiger partial charge in [-0.3, -0.25) is 0 Å². The molecule has 0 spiro atoms. The van der Waals surface area contributed by atoms with Gasteiger partial charge < -0.3 is 10.6 Å². The van der Waals surface area contributed by atoms with Crippen LogP contribution in [0.3, 0.4) is 0 Å². The molecule has 1 aromatic heterocycles. The van der Waals surface area contributed by atoms with Crippen molar-refractivity contribution in [1.29, 1.82) is 0 Å². The Hall–Kier alpha value is -0.840. The van der Waals surface area contributed by atoms with Crippen LogP contribution in [0.5, 0.6) is 0 Å². The summed E-state index contributed by atoms with van der Waals surface area (Å²) < 4.78 is 0.917. The fraction of sp³-hybridized carbons (Fsp3) is 0.667. The first-order chi connectivity index (χ1) is 8.04. The maximum atomic E-state index is 4.26. The van der Waals surface area contributed by atoms with Crippen LogP contribution in [0.25, 0.3) is 0 Å². The van der Waals surface area contributed by atoms with E-state index in [4.69, 9.17) is 0 Å². The largest absolute Gasteiger partial charge is 0.369 e. The molecule has 17 heavy (non-hydrogen) atoms. The Kier molecular flexibility index (Phi) is 3.56. The lowest BCUT2D eigenvalue weighted by Crippen LogP contribution is -2.10. The van der Waals surface area contributed by atoms with Gasteiger partial charge in [-0.25, -0.2) is 9.97 Å². The van der Waals surface area contributed by atoms with Gasteiger partial charge in [-0.05, 0) is 40.6 Å². The van der Waals surface area contributed by atoms with Gasteiger partial charge in [0.1, 0.15) is 22.4 Å². The van der Waals surface area contributed by atoms with Crippen LogP contribution in [-0.4, -0.2) is 23.1 Å². The zero-order valence-electron chi connectivity index (χ0n) is 10.5. The minimum absolute atomic E-state index is 0.497. The molecule has 1 atom stereocenters. The molecule has 2 rings (SSSR count). The highest BCUT2D eigenvalue weighted by atomic mass is 79.9. The molecule has 1 aromatic rings. The van der Waals surface area contributed by atoms with E-state index >= 15 is 0 Å². The first-order valence-electron chi connectivity index (χ1n) is 6.03. The minimum Gasteiger partial charge on any atom is -0.369 e. The number of hydrogen-bond donors (Lipinski definition) is 2. The number of rotatable bonds is 5. The predicted molar refractivity (Wildman–Crippen MR) is 74.3 cm³/mol. The fourth-order valence-corrected chi connectivity index (χ4v) is 2.41. The van der Waals surface area contributed by atoms with Crippen molar-refractivity contribution in [1.82, 2.24) is 9.97 Å². The van der Waals surface area contributed by atoms with Crippen LogP contribution < -0.4 is 10.6 Å². The van der Waals surface area contributed by atoms with Gasteiger partial charge in [-0.2, -0.15) is 0 Å². The second-order valence-corrected chi connectivity index (χ2v) is 5.98. The number of nitrogens with zero attached hydrogens (tertiary/aromatic N) is 2. The molecule has 1 aliphatic carbocycles. The highest BCUT2D eigenvalue weighted by Gasteiger charge is 2.45. The quantitative estimate of drug-likeness (QED) is 0.877. The van der Waals surface area contributed by atoms with Crippen LogP contribution in [0, 0.1) is 11.3 Å². The smallest absolute Gasteiger partial charge is 0.145 e. The van der Waals surface area contributed by atoms with Crippen LogP contribution in [0.2, 0.25) is 0 Å². The lowest BCUT2D eigenvalue weighted by molar-refractivity contribution is 0.572. The van der Waals surface area contributed by atoms with Crippen molar-refractivity contribution in [3.8, 4) is 0 Å². The molecule has 0 aliphatic heterocycles. The Morgan fingerprint density at radius 3 is 2.47 bits per heavy atom. The minimum atomic E-state index is 0.497. The van der Waals surface area contributed by atoms with Crippen LogP contribution in [0.15, 0.2) is 10.8 Å². The number of halogens is 1. The summed E-state index contributed by atoms with van der Waals surface area (Å²) >= 11 is 3.53. The van der Waals surface area contributed by atoms with E-state index in [-0.39, 0.29) is 0 Å². The van der Waals surface area contributed by atoms with Crippen LogP contribution >= 0.6 is 15.9 Å². The molecule has 1 aliphatic rings. The van der Waals surface area contributed by atoms with Gasteiger partial charge in [0.05, 0.1) is 0 Å². The Bertz CT molecular complexity index is 405. The standard InChI is InChI=1S/C12H19BrN4/c1-4-14-10-9(13)11(17-7-16-10)15-6-8-5-12(8,2)3/h7-8H,4-6H2,1-3H3,(H2,14,15,16,17). The molecule has 94 valence electrons. The van der Waals surface area contributed by atoms with Crippen molar-refractivity contribution >= 4 is 27.6 Å². The van der Waals surface area contributed by atoms with E-state index in [2.05, 4.69) is 50.4 Å². The Balaban J connectivity index is 1.98. The van der Waals surface area contributed by atoms with Crippen molar-refractivity contribution in [3.63, 3.8) is 0 Å². The molecule has 4 nitrogen and oxygen atoms in total. The summed E-state index contributed by atoms with van der Waals surface area (Å²) in [5.41, 5.74) is 0.497. The van der Waals surface area contributed by atoms with Gasteiger partial charge in [-0.15, -0.1) is 0 Å². The van der Waals surface area contributed by atoms with Gasteiger partial charge in [0.25, 0.3) is 0 Å². The van der Waals surface area contributed by atoms with Gasteiger partial charge in [0.2, 0.25) is 0 Å². The first-order valence-corrected chi connectivity index (χ1v) is 6.82. The Morgan fingerprint density at radius 2 is 1.94 bits per heavy atom. The average molecular weight is 299 g/mol. The summed E-state index contributed by atoms with van der Waals surface area (Å²) in [4.78, 5) is 8.45. The molecule has 1 unspecified atom stereocenters. The van der Waals surface area contributed by atoms with E-state index in [1.807, 2.05) is 6.92 Å². The van der Waals surface area contributed by atoms with Crippen LogP contribution in [-0.2, 0) is 0 Å². The highest BCUT2D eigenvalue weighted by molar-refractivity contribution is 9.10. The third-order valence-electron chi connectivity index (χ3n) is 3.37. The first kappa shape index (κ1) is 12.6. The third kappa shape index (κ3) is 2.89. The predicted octanol–water partition coefficient (Wildman–Crippen LogP) is 3.13. The molecule has 0 amide bonds. The zero-order chi connectivity index (χ0) is 12.5. The van der Waals surface area contributed by atoms with Gasteiger partial charge in [-0.1, -0.05) is 13.8 Å². The molecule has 0 radical (unpaired) electrons. The highest BCUT2D eigenvalue weighted by Crippen LogP contribution is 2.51. The SMILES string of the molecule is CCNc1ncnc(NCC2CC2(C)C)c1Br. The second-order valence-electron chi connectivity index (χ2n) is 5.19. The molecule has 0 aromatic carbocycles. The van der Waals surface area contributed by atoms with E-state index in [1.54, 1.807) is 6.33 Å². The summed E-state index contributed by atoms with van der Waals surface area (Å²) in [6.45, 7) is 8.49. The van der Waals surface area contributed by atoms with Crippen LogP contribution in [0.1, 0.15) is 27.2 Å². The molecule has 1 heterocycles. The van der Waals surface area contributed by atoms with Crippen molar-refractivity contribution in [2.24, 2.45) is 11.3 Å². The van der Waals surface area contributed by atoms with E-state index in [9.17, 15) is 0 Å². The number of anilines is 2. The normalized spacial score (nSPS) is 21.1. The summed E-state index contributed by atoms with van der Waals surface area (Å²) in [7, 11) is 0. The molecule has 0 saturated heterocycles. The lowest BCUT2D eigenvalue weighted by Gasteiger charge is -2.11. The number of hydrogen-bond acceptors (Lipinski definition) is 4. The topological polar surface area (TPSA) is 49.8 Å². The molecule has 2 N–H and O–H groups in total. The number of aromatic nitrogens is 2. The fourth-order valence-electron chi connectivity index (χ4n) is 1.93. The van der Waals surface area contributed by atoms with Crippen molar-refractivity contribution in [3.05, 3.63) is 10.8 Å². The zero-order valence-corrected chi connectivity index (χ0v) is 12.1. The maximum Gasteiger partial charge on any atom is 0.145 e. The maximum absolute atomic E-state index is 4.26. The summed E-state index contributed by atoms with van der Waals surface area (Å²) in [6.07, 6.45) is 2.88. The third-order valence-corrected chi connectivity index (χ3v) is 4.12. The van der Waals surface area contributed by atoms with Gasteiger partial charge in [0.15, 0.2) is 0 Å². The van der Waals surface area contributed by atoms with Crippen LogP contribution in [0.4, 0.5) is 11.6 Å². The number of nitrogens with one attached hydrogen (secondary N) is 2. The molecule has 0 bridgehead atoms. The van der Waals surface area contributed by atoms with Crippen molar-refractivity contribution in [2.75, 3.05) is 23.7 Å². The second kappa shape index (κ2) is 4.80. The van der Waals surface area contributed by atoms with E-state index in [0.717, 1.165) is 35.1 Å². The molecule has 1 saturated carbocycles. The molecule has 1 fully saturated rings. The summed E-state index contributed by atoms with van der Waals surface area (Å²) in [5.74, 6) is 2.48. The average Bonchev–Trinajstić information content (AvgIpc) is 2.88. The molecule has 5 heteroatoms. The van der Waals surface area contributed by atoms with Crippen molar-refractivity contribution in [2.45, 2.75) is 27.2 Å². The summed E-state index contributed by atoms with van der Waals surface area (Å²) in [6, 6.07) is 0. The van der Waals surface area contributed by atoms with Crippen molar-refractivity contribution < 1.29 is 0 Å². The van der Waals surface area contributed by atoms with E-state index in [0.29, 0.717) is 5.41 Å². The van der Waals surface area contributed by atoms with E-state index in [1.165, 1.54) is 6.42 Å².